The molecule has 94 valence electrons. The number of aryl methyl sites for hydroxylation is 1. The molecule has 0 unspecified atom stereocenters. The van der Waals surface area contributed by atoms with Crippen molar-refractivity contribution in [1.29, 1.82) is 0 Å². The zero-order valence-electron chi connectivity index (χ0n) is 9.78. The van der Waals surface area contributed by atoms with Gasteiger partial charge in [0.15, 0.2) is 0 Å². The van der Waals surface area contributed by atoms with E-state index in [1.165, 1.54) is 0 Å². The molecule has 18 heavy (non-hydrogen) atoms. The predicted octanol–water partition coefficient (Wildman–Crippen LogP) is 0.274. The lowest BCUT2D eigenvalue weighted by Gasteiger charge is -2.06. The van der Waals surface area contributed by atoms with E-state index in [1.807, 2.05) is 6.20 Å². The Balaban J connectivity index is 1.79. The Kier molecular flexibility index (Phi) is 3.85. The molecule has 0 aromatic carbocycles. The fourth-order valence-electron chi connectivity index (χ4n) is 1.50. The van der Waals surface area contributed by atoms with E-state index in [1.54, 1.807) is 29.2 Å². The number of carbonyl (C=O) groups excluding carboxylic acids is 1. The minimum absolute atomic E-state index is 0.260. The van der Waals surface area contributed by atoms with Crippen LogP contribution in [-0.4, -0.2) is 32.4 Å². The van der Waals surface area contributed by atoms with Gasteiger partial charge in [0.1, 0.15) is 5.69 Å². The normalized spacial score (nSPS) is 10.2. The van der Waals surface area contributed by atoms with Gasteiger partial charge in [0, 0.05) is 31.2 Å². The van der Waals surface area contributed by atoms with E-state index in [0.29, 0.717) is 0 Å². The molecular formula is C11H14N6O. The maximum atomic E-state index is 11.0. The highest BCUT2D eigenvalue weighted by molar-refractivity contribution is 5.91. The molecule has 0 saturated carbocycles. The van der Waals surface area contributed by atoms with Crippen molar-refractivity contribution in [1.82, 2.24) is 20.0 Å². The highest BCUT2D eigenvalue weighted by Crippen LogP contribution is 2.07. The number of pyridine rings is 1. The number of hydrogen-bond donors (Lipinski definition) is 2. The van der Waals surface area contributed by atoms with Crippen LogP contribution in [0.3, 0.4) is 0 Å². The van der Waals surface area contributed by atoms with Crippen molar-refractivity contribution >= 4 is 11.6 Å². The monoisotopic (exact) mass is 246 g/mol. The summed E-state index contributed by atoms with van der Waals surface area (Å²) in [5.41, 5.74) is 6.25. The first-order valence-corrected chi connectivity index (χ1v) is 5.59. The summed E-state index contributed by atoms with van der Waals surface area (Å²) in [7, 11) is 0. The lowest BCUT2D eigenvalue weighted by atomic mass is 10.3. The second kappa shape index (κ2) is 5.76. The van der Waals surface area contributed by atoms with E-state index in [0.717, 1.165) is 25.2 Å². The minimum atomic E-state index is -0.527. The van der Waals surface area contributed by atoms with Crippen molar-refractivity contribution in [3.05, 3.63) is 36.4 Å². The molecule has 2 heterocycles. The van der Waals surface area contributed by atoms with Crippen molar-refractivity contribution in [2.45, 2.75) is 13.0 Å². The Morgan fingerprint density at radius 1 is 1.44 bits per heavy atom. The molecule has 3 N–H and O–H groups in total. The highest BCUT2D eigenvalue weighted by atomic mass is 16.1. The predicted molar refractivity (Wildman–Crippen MR) is 65.9 cm³/mol. The van der Waals surface area contributed by atoms with Crippen LogP contribution in [0.1, 0.15) is 16.9 Å². The van der Waals surface area contributed by atoms with Gasteiger partial charge in [0.05, 0.1) is 6.20 Å². The molecule has 0 saturated heterocycles. The fourth-order valence-corrected chi connectivity index (χ4v) is 1.50. The van der Waals surface area contributed by atoms with Crippen LogP contribution in [0, 0.1) is 0 Å². The maximum Gasteiger partial charge on any atom is 0.267 e. The summed E-state index contributed by atoms with van der Waals surface area (Å²) in [5, 5.41) is 10.8. The van der Waals surface area contributed by atoms with E-state index < -0.39 is 5.91 Å². The second-order valence-corrected chi connectivity index (χ2v) is 3.74. The summed E-state index contributed by atoms with van der Waals surface area (Å²) in [5.74, 6) is -0.527. The molecule has 7 nitrogen and oxygen atoms in total. The average molecular weight is 246 g/mol. The lowest BCUT2D eigenvalue weighted by Crippen LogP contribution is -2.13. The first-order valence-electron chi connectivity index (χ1n) is 5.59. The molecule has 2 aromatic heterocycles. The summed E-state index contributed by atoms with van der Waals surface area (Å²) in [4.78, 5) is 14.8. The van der Waals surface area contributed by atoms with Crippen LogP contribution < -0.4 is 11.1 Å². The Morgan fingerprint density at radius 3 is 3.06 bits per heavy atom. The minimum Gasteiger partial charge on any atom is -0.385 e. The number of amides is 1. The fraction of sp³-hybridized carbons (Fsp3) is 0.273. The van der Waals surface area contributed by atoms with Gasteiger partial charge in [0.25, 0.3) is 5.91 Å². The average Bonchev–Trinajstić information content (AvgIpc) is 2.88. The van der Waals surface area contributed by atoms with Crippen LogP contribution in [0.15, 0.2) is 30.7 Å². The van der Waals surface area contributed by atoms with E-state index >= 15 is 0 Å². The first kappa shape index (κ1) is 12.0. The largest absolute Gasteiger partial charge is 0.385 e. The smallest absolute Gasteiger partial charge is 0.267 e. The molecule has 2 rings (SSSR count). The van der Waals surface area contributed by atoms with Crippen molar-refractivity contribution < 1.29 is 4.79 Å². The lowest BCUT2D eigenvalue weighted by molar-refractivity contribution is 0.0995. The number of nitrogens with two attached hydrogens (primary N) is 1. The zero-order chi connectivity index (χ0) is 12.8. The SMILES string of the molecule is NC(=O)c1cc(NCCCn2ccnn2)ccn1. The third-order valence-electron chi connectivity index (χ3n) is 2.38. The van der Waals surface area contributed by atoms with Crippen LogP contribution in [0.5, 0.6) is 0 Å². The molecule has 0 aliphatic heterocycles. The topological polar surface area (TPSA) is 98.7 Å². The molecule has 0 radical (unpaired) electrons. The Morgan fingerprint density at radius 2 is 2.33 bits per heavy atom. The van der Waals surface area contributed by atoms with Crippen molar-refractivity contribution in [3.63, 3.8) is 0 Å². The van der Waals surface area contributed by atoms with Gasteiger partial charge < -0.3 is 11.1 Å². The van der Waals surface area contributed by atoms with Gasteiger partial charge in [-0.05, 0) is 18.6 Å². The van der Waals surface area contributed by atoms with Crippen molar-refractivity contribution in [2.75, 3.05) is 11.9 Å². The molecule has 0 aliphatic rings. The van der Waals surface area contributed by atoms with E-state index in [9.17, 15) is 4.79 Å². The van der Waals surface area contributed by atoms with Gasteiger partial charge in [0.2, 0.25) is 0 Å². The summed E-state index contributed by atoms with van der Waals surface area (Å²) >= 11 is 0. The second-order valence-electron chi connectivity index (χ2n) is 3.74. The third kappa shape index (κ3) is 3.27. The summed E-state index contributed by atoms with van der Waals surface area (Å²) in [6, 6.07) is 3.43. The van der Waals surface area contributed by atoms with Crippen LogP contribution in [-0.2, 0) is 6.54 Å². The number of rotatable bonds is 6. The number of nitrogens with one attached hydrogen (secondary N) is 1. The Bertz CT molecular complexity index is 510. The van der Waals surface area contributed by atoms with Gasteiger partial charge in [-0.3, -0.25) is 14.5 Å². The summed E-state index contributed by atoms with van der Waals surface area (Å²) in [6.07, 6.45) is 5.92. The molecule has 0 spiro atoms. The quantitative estimate of drug-likeness (QED) is 0.713. The van der Waals surface area contributed by atoms with Gasteiger partial charge in [-0.25, -0.2) is 0 Å². The van der Waals surface area contributed by atoms with Gasteiger partial charge in [-0.2, -0.15) is 0 Å². The molecule has 0 atom stereocenters. The van der Waals surface area contributed by atoms with Crippen LogP contribution in [0.4, 0.5) is 5.69 Å². The van der Waals surface area contributed by atoms with Crippen LogP contribution in [0.25, 0.3) is 0 Å². The number of carbonyl (C=O) groups is 1. The summed E-state index contributed by atoms with van der Waals surface area (Å²) < 4.78 is 1.77. The molecule has 7 heteroatoms. The summed E-state index contributed by atoms with van der Waals surface area (Å²) in [6.45, 7) is 1.56. The highest BCUT2D eigenvalue weighted by Gasteiger charge is 2.02. The number of anilines is 1. The number of nitrogens with zero attached hydrogens (tertiary/aromatic N) is 4. The molecular weight excluding hydrogens is 232 g/mol. The van der Waals surface area contributed by atoms with Crippen molar-refractivity contribution in [3.8, 4) is 0 Å². The molecule has 0 fully saturated rings. The van der Waals surface area contributed by atoms with E-state index in [-0.39, 0.29) is 5.69 Å². The number of hydrogen-bond acceptors (Lipinski definition) is 5. The molecule has 1 amide bonds. The van der Waals surface area contributed by atoms with Gasteiger partial charge in [-0.1, -0.05) is 5.21 Å². The number of aromatic nitrogens is 4. The van der Waals surface area contributed by atoms with Gasteiger partial charge >= 0.3 is 0 Å². The van der Waals surface area contributed by atoms with E-state index in [2.05, 4.69) is 20.6 Å². The Labute approximate surface area is 104 Å². The third-order valence-corrected chi connectivity index (χ3v) is 2.38. The zero-order valence-corrected chi connectivity index (χ0v) is 9.78. The van der Waals surface area contributed by atoms with Crippen LogP contribution >= 0.6 is 0 Å². The molecule has 0 aliphatic carbocycles. The van der Waals surface area contributed by atoms with E-state index in [4.69, 9.17) is 5.73 Å². The van der Waals surface area contributed by atoms with Crippen LogP contribution in [0.2, 0.25) is 0 Å². The molecule has 2 aromatic rings. The first-order chi connectivity index (χ1) is 8.75. The maximum absolute atomic E-state index is 11.0. The van der Waals surface area contributed by atoms with Gasteiger partial charge in [-0.15, -0.1) is 5.10 Å². The Hall–Kier alpha value is -2.44. The molecule has 0 bridgehead atoms. The number of primary amides is 1. The standard InChI is InChI=1S/C11H14N6O/c12-11(18)10-8-9(2-4-14-10)13-3-1-6-17-7-5-15-16-17/h2,4-5,7-8H,1,3,6H2,(H2,12,18)(H,13,14). The van der Waals surface area contributed by atoms with Crippen molar-refractivity contribution in [2.24, 2.45) is 5.73 Å².